The van der Waals surface area contributed by atoms with Crippen molar-refractivity contribution in [3.63, 3.8) is 0 Å². The van der Waals surface area contributed by atoms with Gasteiger partial charge in [-0.3, -0.25) is 4.79 Å². The van der Waals surface area contributed by atoms with Crippen molar-refractivity contribution in [3.8, 4) is 0 Å². The van der Waals surface area contributed by atoms with Crippen LogP contribution in [0.1, 0.15) is 19.3 Å². The molecule has 6 heteroatoms. The van der Waals surface area contributed by atoms with Gasteiger partial charge in [-0.2, -0.15) is 0 Å². The molecule has 96 valence electrons. The Kier molecular flexibility index (Phi) is 1.99. The molecule has 0 aliphatic heterocycles. The Morgan fingerprint density at radius 1 is 1.44 bits per heavy atom. The van der Waals surface area contributed by atoms with Crippen molar-refractivity contribution < 1.29 is 4.79 Å². The molecule has 3 aliphatic rings. The number of nitrogen functional groups attached to an aromatic ring is 1. The summed E-state index contributed by atoms with van der Waals surface area (Å²) in [7, 11) is 0. The van der Waals surface area contributed by atoms with Gasteiger partial charge in [0.25, 0.3) is 0 Å². The third-order valence-electron chi connectivity index (χ3n) is 4.92. The Labute approximate surface area is 105 Å². The number of carbonyl (C=O) groups excluding carboxylic acids is 1. The van der Waals surface area contributed by atoms with E-state index in [1.54, 1.807) is 0 Å². The van der Waals surface area contributed by atoms with E-state index in [0.29, 0.717) is 6.04 Å². The third-order valence-corrected chi connectivity index (χ3v) is 4.92. The summed E-state index contributed by atoms with van der Waals surface area (Å²) in [4.78, 5) is 15.7. The van der Waals surface area contributed by atoms with E-state index in [2.05, 4.69) is 15.4 Å². The zero-order valence-corrected chi connectivity index (χ0v) is 10.1. The van der Waals surface area contributed by atoms with Crippen LogP contribution in [-0.2, 0) is 11.3 Å². The van der Waals surface area contributed by atoms with E-state index in [0.717, 1.165) is 23.7 Å². The maximum Gasteiger partial charge on any atom is 0.242 e. The molecule has 3 N–H and O–H groups in total. The fourth-order valence-electron chi connectivity index (χ4n) is 4.28. The predicted octanol–water partition coefficient (Wildman–Crippen LogP) is 0.0210. The van der Waals surface area contributed by atoms with Crippen LogP contribution in [-0.4, -0.2) is 26.7 Å². The van der Waals surface area contributed by atoms with Gasteiger partial charge >= 0.3 is 0 Å². The smallest absolute Gasteiger partial charge is 0.242 e. The van der Waals surface area contributed by atoms with Crippen LogP contribution in [0.2, 0.25) is 0 Å². The molecule has 3 fully saturated rings. The first-order valence-corrected chi connectivity index (χ1v) is 6.66. The van der Waals surface area contributed by atoms with E-state index < -0.39 is 0 Å². The van der Waals surface area contributed by atoms with Gasteiger partial charge in [-0.05, 0) is 42.9 Å². The lowest BCUT2D eigenvalue weighted by atomic mass is 10.0. The highest BCUT2D eigenvalue weighted by Crippen LogP contribution is 2.65. The molecule has 6 nitrogen and oxygen atoms in total. The first-order valence-electron chi connectivity index (χ1n) is 6.66. The highest BCUT2D eigenvalue weighted by atomic mass is 16.2. The fraction of sp³-hybridized carbons (Fsp3) is 0.750. The second kappa shape index (κ2) is 3.46. The fourth-order valence-corrected chi connectivity index (χ4v) is 4.28. The van der Waals surface area contributed by atoms with Crippen LogP contribution >= 0.6 is 0 Å². The average Bonchev–Trinajstić information content (AvgIpc) is 2.75. The van der Waals surface area contributed by atoms with Crippen LogP contribution in [0.4, 0.5) is 5.95 Å². The van der Waals surface area contributed by atoms with Gasteiger partial charge in [0, 0.05) is 6.04 Å². The molecule has 1 heterocycles. The van der Waals surface area contributed by atoms with Crippen molar-refractivity contribution in [1.29, 1.82) is 0 Å². The number of anilines is 1. The molecule has 18 heavy (non-hydrogen) atoms. The van der Waals surface area contributed by atoms with Crippen LogP contribution < -0.4 is 11.1 Å². The maximum absolute atomic E-state index is 11.9. The number of hydrogen-bond acceptors (Lipinski definition) is 4. The molecular formula is C12H17N5O. The molecular weight excluding hydrogens is 230 g/mol. The Morgan fingerprint density at radius 2 is 2.17 bits per heavy atom. The largest absolute Gasteiger partial charge is 0.367 e. The molecule has 1 aromatic rings. The van der Waals surface area contributed by atoms with E-state index in [-0.39, 0.29) is 18.4 Å². The van der Waals surface area contributed by atoms with E-state index in [1.807, 2.05) is 0 Å². The monoisotopic (exact) mass is 247 g/mol. The molecule has 3 aliphatic carbocycles. The molecule has 4 rings (SSSR count). The van der Waals surface area contributed by atoms with Gasteiger partial charge in [0.2, 0.25) is 11.9 Å². The Bertz CT molecular complexity index is 482. The molecule has 0 aromatic carbocycles. The summed E-state index contributed by atoms with van der Waals surface area (Å²) in [5, 5.41) is 7.06. The molecule has 4 unspecified atom stereocenters. The van der Waals surface area contributed by atoms with E-state index in [4.69, 9.17) is 5.73 Å². The standard InChI is InChI=1S/C12H17N5O/c13-12-14-5-17(16-12)4-8(18)15-11-9-6-1-2-7(3-6)10(9)11/h5-7,9-11H,1-4H2,(H2,13,16)(H,15,18). The van der Waals surface area contributed by atoms with Crippen LogP contribution in [0.25, 0.3) is 0 Å². The average molecular weight is 247 g/mol. The van der Waals surface area contributed by atoms with E-state index in [9.17, 15) is 4.79 Å². The molecule has 0 spiro atoms. The third kappa shape index (κ3) is 1.44. The summed E-state index contributed by atoms with van der Waals surface area (Å²) in [5.41, 5.74) is 5.41. The number of fused-ring (bicyclic) bond motifs is 5. The van der Waals surface area contributed by atoms with Gasteiger partial charge in [-0.25, -0.2) is 9.67 Å². The van der Waals surface area contributed by atoms with Crippen molar-refractivity contribution in [1.82, 2.24) is 20.1 Å². The number of nitrogens with zero attached hydrogens (tertiary/aromatic N) is 3. The van der Waals surface area contributed by atoms with Crippen molar-refractivity contribution in [2.45, 2.75) is 31.8 Å². The lowest BCUT2D eigenvalue weighted by Crippen LogP contribution is -2.33. The van der Waals surface area contributed by atoms with Crippen LogP contribution in [0.5, 0.6) is 0 Å². The lowest BCUT2D eigenvalue weighted by Gasteiger charge is -2.10. The first kappa shape index (κ1) is 10.3. The zero-order chi connectivity index (χ0) is 12.3. The van der Waals surface area contributed by atoms with Crippen molar-refractivity contribution in [3.05, 3.63) is 6.33 Å². The number of nitrogens with one attached hydrogen (secondary N) is 1. The van der Waals surface area contributed by atoms with Gasteiger partial charge in [0.15, 0.2) is 0 Å². The quantitative estimate of drug-likeness (QED) is 0.788. The van der Waals surface area contributed by atoms with Crippen molar-refractivity contribution in [2.75, 3.05) is 5.73 Å². The van der Waals surface area contributed by atoms with Gasteiger partial charge in [-0.1, -0.05) is 0 Å². The molecule has 1 amide bonds. The minimum Gasteiger partial charge on any atom is -0.367 e. The topological polar surface area (TPSA) is 85.8 Å². The van der Waals surface area contributed by atoms with E-state index >= 15 is 0 Å². The maximum atomic E-state index is 11.9. The number of hydrogen-bond donors (Lipinski definition) is 2. The number of rotatable bonds is 3. The summed E-state index contributed by atoms with van der Waals surface area (Å²) < 4.78 is 1.48. The van der Waals surface area contributed by atoms with Gasteiger partial charge in [-0.15, -0.1) is 5.10 Å². The molecule has 0 radical (unpaired) electrons. The highest BCUT2D eigenvalue weighted by Gasteiger charge is 2.65. The molecule has 4 atom stereocenters. The Balaban J connectivity index is 1.35. The van der Waals surface area contributed by atoms with Crippen LogP contribution in [0, 0.1) is 23.7 Å². The molecule has 3 saturated carbocycles. The normalized spacial score (nSPS) is 39.7. The number of nitrogens with two attached hydrogens (primary N) is 1. The summed E-state index contributed by atoms with van der Waals surface area (Å²) in [6.07, 6.45) is 5.64. The second-order valence-corrected chi connectivity index (χ2v) is 5.88. The summed E-state index contributed by atoms with van der Waals surface area (Å²) in [6.45, 7) is 0.218. The van der Waals surface area contributed by atoms with Crippen molar-refractivity contribution in [2.24, 2.45) is 23.7 Å². The highest BCUT2D eigenvalue weighted by molar-refractivity contribution is 5.76. The number of carbonyl (C=O) groups is 1. The van der Waals surface area contributed by atoms with E-state index in [1.165, 1.54) is 30.3 Å². The Hall–Kier alpha value is -1.59. The number of amides is 1. The van der Waals surface area contributed by atoms with Crippen molar-refractivity contribution >= 4 is 11.9 Å². The van der Waals surface area contributed by atoms with Gasteiger partial charge in [0.05, 0.1) is 0 Å². The molecule has 1 aromatic heterocycles. The first-order chi connectivity index (χ1) is 8.72. The SMILES string of the molecule is Nc1ncn(CC(=O)NC2C3C4CCC(C4)C23)n1. The minimum atomic E-state index is 0.0266. The number of aromatic nitrogens is 3. The zero-order valence-electron chi connectivity index (χ0n) is 10.1. The van der Waals surface area contributed by atoms with Crippen LogP contribution in [0.3, 0.4) is 0 Å². The predicted molar refractivity (Wildman–Crippen MR) is 64.2 cm³/mol. The summed E-state index contributed by atoms with van der Waals surface area (Å²) in [6, 6.07) is 0.435. The minimum absolute atomic E-state index is 0.0266. The second-order valence-electron chi connectivity index (χ2n) is 5.88. The Morgan fingerprint density at radius 3 is 2.78 bits per heavy atom. The van der Waals surface area contributed by atoms with Gasteiger partial charge < -0.3 is 11.1 Å². The van der Waals surface area contributed by atoms with Gasteiger partial charge in [0.1, 0.15) is 12.9 Å². The summed E-state index contributed by atoms with van der Waals surface area (Å²) in [5.74, 6) is 3.55. The molecule has 0 saturated heterocycles. The summed E-state index contributed by atoms with van der Waals surface area (Å²) >= 11 is 0. The molecule has 2 bridgehead atoms. The van der Waals surface area contributed by atoms with Crippen LogP contribution in [0.15, 0.2) is 6.33 Å². The lowest BCUT2D eigenvalue weighted by molar-refractivity contribution is -0.122.